The predicted molar refractivity (Wildman–Crippen MR) is 146 cm³/mol. The average Bonchev–Trinajstić information content (AvgIpc) is 2.86. The lowest BCUT2D eigenvalue weighted by atomic mass is 9.91. The molecule has 0 unspecified atom stereocenters. The van der Waals surface area contributed by atoms with Crippen LogP contribution in [0.15, 0.2) is 121 Å². The Morgan fingerprint density at radius 3 is 1.21 bits per heavy atom. The Balaban J connectivity index is 1.73. The number of hydrogen-bond acceptors (Lipinski definition) is 2. The Morgan fingerprint density at radius 2 is 0.824 bits per heavy atom. The molecule has 34 heavy (non-hydrogen) atoms. The van der Waals surface area contributed by atoms with E-state index in [0.717, 1.165) is 22.7 Å². The standard InChI is InChI=1S/C32H28N2/c1-23-11-9-17-27(21-23)33-29-19-20-30(34-28-18-10-12-24(2)22-28)32(26-15-7-4-8-16-26)31(29)25-13-5-3-6-14-25/h3-22,33-34H,1-2H3. The van der Waals surface area contributed by atoms with E-state index in [1.54, 1.807) is 0 Å². The second kappa shape index (κ2) is 9.68. The molecule has 2 heteroatoms. The highest BCUT2D eigenvalue weighted by molar-refractivity contribution is 6.00. The minimum absolute atomic E-state index is 1.07. The van der Waals surface area contributed by atoms with Gasteiger partial charge >= 0.3 is 0 Å². The molecule has 5 aromatic carbocycles. The van der Waals surface area contributed by atoms with Gasteiger partial charge in [0.1, 0.15) is 0 Å². The largest absolute Gasteiger partial charge is 0.355 e. The molecule has 0 amide bonds. The summed E-state index contributed by atoms with van der Waals surface area (Å²) in [4.78, 5) is 0. The minimum Gasteiger partial charge on any atom is -0.355 e. The molecule has 0 aliphatic rings. The van der Waals surface area contributed by atoms with Gasteiger partial charge in [0.2, 0.25) is 0 Å². The van der Waals surface area contributed by atoms with Crippen molar-refractivity contribution in [2.75, 3.05) is 10.6 Å². The molecule has 0 bridgehead atoms. The van der Waals surface area contributed by atoms with Crippen molar-refractivity contribution in [3.05, 3.63) is 132 Å². The minimum atomic E-state index is 1.07. The lowest BCUT2D eigenvalue weighted by Gasteiger charge is -2.22. The van der Waals surface area contributed by atoms with E-state index in [2.05, 4.69) is 146 Å². The van der Waals surface area contributed by atoms with Crippen molar-refractivity contribution < 1.29 is 0 Å². The van der Waals surface area contributed by atoms with Crippen LogP contribution in [0.2, 0.25) is 0 Å². The van der Waals surface area contributed by atoms with E-state index in [1.165, 1.54) is 33.4 Å². The first kappa shape index (κ1) is 21.5. The number of hydrogen-bond donors (Lipinski definition) is 2. The van der Waals surface area contributed by atoms with E-state index in [-0.39, 0.29) is 0 Å². The molecule has 0 saturated heterocycles. The van der Waals surface area contributed by atoms with E-state index in [9.17, 15) is 0 Å². The molecular weight excluding hydrogens is 412 g/mol. The van der Waals surface area contributed by atoms with Gasteiger partial charge in [0, 0.05) is 33.9 Å². The molecule has 0 spiro atoms. The zero-order chi connectivity index (χ0) is 23.3. The fourth-order valence-electron chi connectivity index (χ4n) is 4.38. The highest BCUT2D eigenvalue weighted by atomic mass is 14.9. The van der Waals surface area contributed by atoms with Crippen molar-refractivity contribution >= 4 is 22.7 Å². The summed E-state index contributed by atoms with van der Waals surface area (Å²) in [6.07, 6.45) is 0. The molecule has 0 aliphatic carbocycles. The Kier molecular flexibility index (Phi) is 6.13. The smallest absolute Gasteiger partial charge is 0.0471 e. The zero-order valence-corrected chi connectivity index (χ0v) is 19.5. The predicted octanol–water partition coefficient (Wildman–Crippen LogP) is 9.12. The third kappa shape index (κ3) is 4.72. The molecule has 0 radical (unpaired) electrons. The van der Waals surface area contributed by atoms with Crippen molar-refractivity contribution in [3.8, 4) is 22.3 Å². The zero-order valence-electron chi connectivity index (χ0n) is 19.5. The molecular formula is C32H28N2. The number of benzene rings is 5. The van der Waals surface area contributed by atoms with E-state index < -0.39 is 0 Å². The fourth-order valence-corrected chi connectivity index (χ4v) is 4.38. The molecule has 0 fully saturated rings. The first-order valence-electron chi connectivity index (χ1n) is 11.6. The SMILES string of the molecule is Cc1cccc(Nc2ccc(Nc3cccc(C)c3)c(-c3ccccc3)c2-c2ccccc2)c1. The van der Waals surface area contributed by atoms with E-state index in [1.807, 2.05) is 0 Å². The van der Waals surface area contributed by atoms with Gasteiger partial charge in [-0.05, 0) is 72.5 Å². The van der Waals surface area contributed by atoms with Crippen LogP contribution in [0.1, 0.15) is 11.1 Å². The highest BCUT2D eigenvalue weighted by Gasteiger charge is 2.17. The van der Waals surface area contributed by atoms with Crippen LogP contribution in [0, 0.1) is 13.8 Å². The maximum Gasteiger partial charge on any atom is 0.0471 e. The summed E-state index contributed by atoms with van der Waals surface area (Å²) >= 11 is 0. The number of anilines is 4. The molecule has 0 aliphatic heterocycles. The molecule has 2 nitrogen and oxygen atoms in total. The van der Waals surface area contributed by atoms with Crippen LogP contribution < -0.4 is 10.6 Å². The number of aryl methyl sites for hydroxylation is 2. The number of nitrogens with one attached hydrogen (secondary N) is 2. The maximum absolute atomic E-state index is 3.69. The summed E-state index contributed by atoms with van der Waals surface area (Å²) in [5.74, 6) is 0. The summed E-state index contributed by atoms with van der Waals surface area (Å²) < 4.78 is 0. The van der Waals surface area contributed by atoms with Crippen molar-refractivity contribution in [3.63, 3.8) is 0 Å². The second-order valence-corrected chi connectivity index (χ2v) is 8.63. The quantitative estimate of drug-likeness (QED) is 0.275. The van der Waals surface area contributed by atoms with Crippen LogP contribution in [-0.4, -0.2) is 0 Å². The summed E-state index contributed by atoms with van der Waals surface area (Å²) in [7, 11) is 0. The monoisotopic (exact) mass is 440 g/mol. The second-order valence-electron chi connectivity index (χ2n) is 8.63. The van der Waals surface area contributed by atoms with Gasteiger partial charge in [-0.25, -0.2) is 0 Å². The van der Waals surface area contributed by atoms with Crippen molar-refractivity contribution in [1.29, 1.82) is 0 Å². The lowest BCUT2D eigenvalue weighted by molar-refractivity contribution is 1.43. The Bertz CT molecular complexity index is 1300. The van der Waals surface area contributed by atoms with Crippen molar-refractivity contribution in [1.82, 2.24) is 0 Å². The molecule has 2 N–H and O–H groups in total. The van der Waals surface area contributed by atoms with Crippen LogP contribution in [0.25, 0.3) is 22.3 Å². The Labute approximate surface area is 201 Å². The fraction of sp³-hybridized carbons (Fsp3) is 0.0625. The van der Waals surface area contributed by atoms with E-state index >= 15 is 0 Å². The Morgan fingerprint density at radius 1 is 0.412 bits per heavy atom. The van der Waals surface area contributed by atoms with Gasteiger partial charge in [-0.2, -0.15) is 0 Å². The van der Waals surface area contributed by atoms with Gasteiger partial charge in [-0.1, -0.05) is 84.9 Å². The summed E-state index contributed by atoms with van der Waals surface area (Å²) in [6, 6.07) is 42.6. The van der Waals surface area contributed by atoms with Crippen LogP contribution in [0.4, 0.5) is 22.7 Å². The summed E-state index contributed by atoms with van der Waals surface area (Å²) in [5.41, 5.74) is 11.5. The first-order valence-corrected chi connectivity index (χ1v) is 11.6. The molecule has 0 atom stereocenters. The molecule has 5 rings (SSSR count). The van der Waals surface area contributed by atoms with Gasteiger partial charge < -0.3 is 10.6 Å². The molecule has 5 aromatic rings. The van der Waals surface area contributed by atoms with Crippen molar-refractivity contribution in [2.24, 2.45) is 0 Å². The maximum atomic E-state index is 3.69. The molecule has 0 saturated carbocycles. The van der Waals surface area contributed by atoms with Gasteiger partial charge in [0.25, 0.3) is 0 Å². The first-order chi connectivity index (χ1) is 16.7. The van der Waals surface area contributed by atoms with Gasteiger partial charge in [-0.15, -0.1) is 0 Å². The van der Waals surface area contributed by atoms with Crippen LogP contribution >= 0.6 is 0 Å². The normalized spacial score (nSPS) is 10.6. The highest BCUT2D eigenvalue weighted by Crippen LogP contribution is 2.44. The van der Waals surface area contributed by atoms with E-state index in [0.29, 0.717) is 0 Å². The van der Waals surface area contributed by atoms with Crippen molar-refractivity contribution in [2.45, 2.75) is 13.8 Å². The molecule has 0 aromatic heterocycles. The van der Waals surface area contributed by atoms with Crippen LogP contribution in [0.5, 0.6) is 0 Å². The number of rotatable bonds is 6. The summed E-state index contributed by atoms with van der Waals surface area (Å²) in [5, 5.41) is 7.39. The Hall–Kier alpha value is -4.30. The van der Waals surface area contributed by atoms with Crippen LogP contribution in [-0.2, 0) is 0 Å². The molecule has 0 heterocycles. The van der Waals surface area contributed by atoms with Gasteiger partial charge in [0.15, 0.2) is 0 Å². The van der Waals surface area contributed by atoms with E-state index in [4.69, 9.17) is 0 Å². The van der Waals surface area contributed by atoms with Gasteiger partial charge in [0.05, 0.1) is 0 Å². The topological polar surface area (TPSA) is 24.1 Å². The van der Waals surface area contributed by atoms with Gasteiger partial charge in [-0.3, -0.25) is 0 Å². The molecule has 166 valence electrons. The van der Waals surface area contributed by atoms with Crippen LogP contribution in [0.3, 0.4) is 0 Å². The third-order valence-corrected chi connectivity index (χ3v) is 5.92. The average molecular weight is 441 g/mol. The summed E-state index contributed by atoms with van der Waals surface area (Å²) in [6.45, 7) is 4.24. The lowest BCUT2D eigenvalue weighted by Crippen LogP contribution is -2.00. The third-order valence-electron chi connectivity index (χ3n) is 5.92.